The van der Waals surface area contributed by atoms with E-state index in [0.29, 0.717) is 18.8 Å². The molecule has 6 nitrogen and oxygen atoms in total. The summed E-state index contributed by atoms with van der Waals surface area (Å²) in [4.78, 5) is 16.1. The number of anilines is 1. The minimum Gasteiger partial charge on any atom is -0.508 e. The predicted octanol–water partition coefficient (Wildman–Crippen LogP) is 2.73. The van der Waals surface area contributed by atoms with Crippen LogP contribution in [-0.2, 0) is 11.2 Å². The zero-order valence-electron chi connectivity index (χ0n) is 12.7. The number of rotatable bonds is 6. The summed E-state index contributed by atoms with van der Waals surface area (Å²) in [6.45, 7) is 0.387. The molecule has 1 aromatic heterocycles. The van der Waals surface area contributed by atoms with Crippen molar-refractivity contribution < 1.29 is 9.90 Å². The van der Waals surface area contributed by atoms with Crippen LogP contribution in [0, 0.1) is 11.3 Å². The monoisotopic (exact) mass is 386 g/mol. The summed E-state index contributed by atoms with van der Waals surface area (Å²) in [6.07, 6.45) is 3.53. The van der Waals surface area contributed by atoms with Gasteiger partial charge in [0.2, 0.25) is 0 Å². The standard InChI is InChI=1S/C17H15BrN4O2/c18-14-6-8-20-16(9-14)22-11-13(10-19)17(24)21-7-5-12-1-3-15(23)4-2-12/h1-4,6,8-9,11,23H,5,7H2,(H,20,22)(H,21,24)/b13-11-. The van der Waals surface area contributed by atoms with Crippen LogP contribution < -0.4 is 10.6 Å². The lowest BCUT2D eigenvalue weighted by Gasteiger charge is -2.05. The molecule has 0 atom stereocenters. The molecule has 122 valence electrons. The SMILES string of the molecule is N#C/C(=C/Nc1cc(Br)ccn1)C(=O)NCCc1ccc(O)cc1. The predicted molar refractivity (Wildman–Crippen MR) is 94.1 cm³/mol. The van der Waals surface area contributed by atoms with Crippen molar-refractivity contribution >= 4 is 27.7 Å². The number of nitrogens with zero attached hydrogens (tertiary/aromatic N) is 2. The minimum atomic E-state index is -0.459. The maximum absolute atomic E-state index is 12.0. The number of aromatic hydroxyl groups is 1. The van der Waals surface area contributed by atoms with Gasteiger partial charge in [-0.1, -0.05) is 28.1 Å². The average molecular weight is 387 g/mol. The summed E-state index contributed by atoms with van der Waals surface area (Å²) in [5.41, 5.74) is 0.939. The number of benzene rings is 1. The van der Waals surface area contributed by atoms with Gasteiger partial charge in [0.1, 0.15) is 23.2 Å². The molecule has 1 aromatic carbocycles. The average Bonchev–Trinajstić information content (AvgIpc) is 2.57. The van der Waals surface area contributed by atoms with E-state index in [4.69, 9.17) is 5.26 Å². The third kappa shape index (κ3) is 5.41. The Kier molecular flexibility index (Phi) is 6.34. The number of aromatic nitrogens is 1. The fourth-order valence-corrected chi connectivity index (χ4v) is 2.19. The summed E-state index contributed by atoms with van der Waals surface area (Å²) in [7, 11) is 0. The minimum absolute atomic E-state index is 0.0394. The molecule has 0 spiro atoms. The number of hydrogen-bond donors (Lipinski definition) is 3. The van der Waals surface area contributed by atoms with E-state index >= 15 is 0 Å². The van der Waals surface area contributed by atoms with Gasteiger partial charge in [-0.3, -0.25) is 4.79 Å². The van der Waals surface area contributed by atoms with Crippen molar-refractivity contribution in [3.63, 3.8) is 0 Å². The Balaban J connectivity index is 1.88. The Bertz CT molecular complexity index is 782. The number of phenols is 1. The third-order valence-electron chi connectivity index (χ3n) is 3.09. The lowest BCUT2D eigenvalue weighted by Crippen LogP contribution is -2.27. The molecular formula is C17H15BrN4O2. The van der Waals surface area contributed by atoms with Crippen LogP contribution in [0.1, 0.15) is 5.56 Å². The second-order valence-electron chi connectivity index (χ2n) is 4.85. The molecule has 2 rings (SSSR count). The van der Waals surface area contributed by atoms with E-state index in [1.807, 2.05) is 6.07 Å². The van der Waals surface area contributed by atoms with E-state index < -0.39 is 5.91 Å². The molecule has 3 N–H and O–H groups in total. The molecule has 2 aromatic rings. The Morgan fingerprint density at radius 2 is 2.08 bits per heavy atom. The highest BCUT2D eigenvalue weighted by atomic mass is 79.9. The van der Waals surface area contributed by atoms with E-state index in [0.717, 1.165) is 10.0 Å². The molecule has 1 amide bonds. The number of nitrogens with one attached hydrogen (secondary N) is 2. The smallest absolute Gasteiger partial charge is 0.263 e. The molecule has 0 bridgehead atoms. The van der Waals surface area contributed by atoms with Crippen LogP contribution in [-0.4, -0.2) is 22.5 Å². The summed E-state index contributed by atoms with van der Waals surface area (Å²) in [6, 6.07) is 12.1. The number of carbonyl (C=O) groups excluding carboxylic acids is 1. The van der Waals surface area contributed by atoms with Gasteiger partial charge in [-0.05, 0) is 36.2 Å². The number of halogens is 1. The Morgan fingerprint density at radius 3 is 2.75 bits per heavy atom. The van der Waals surface area contributed by atoms with Crippen molar-refractivity contribution in [1.82, 2.24) is 10.3 Å². The Hall–Kier alpha value is -2.85. The van der Waals surface area contributed by atoms with Gasteiger partial charge in [0, 0.05) is 23.4 Å². The van der Waals surface area contributed by atoms with E-state index in [-0.39, 0.29) is 11.3 Å². The van der Waals surface area contributed by atoms with Gasteiger partial charge in [-0.15, -0.1) is 0 Å². The van der Waals surface area contributed by atoms with Crippen LogP contribution >= 0.6 is 15.9 Å². The van der Waals surface area contributed by atoms with Crippen LogP contribution in [0.4, 0.5) is 5.82 Å². The van der Waals surface area contributed by atoms with Gasteiger partial charge in [-0.25, -0.2) is 4.98 Å². The van der Waals surface area contributed by atoms with Crippen LogP contribution in [0.3, 0.4) is 0 Å². The number of carbonyl (C=O) groups is 1. The number of phenolic OH excluding ortho intramolecular Hbond substituents is 1. The first kappa shape index (κ1) is 17.5. The molecule has 0 aliphatic rings. The van der Waals surface area contributed by atoms with Gasteiger partial charge < -0.3 is 15.7 Å². The van der Waals surface area contributed by atoms with Gasteiger partial charge in [-0.2, -0.15) is 5.26 Å². The van der Waals surface area contributed by atoms with Crippen LogP contribution in [0.2, 0.25) is 0 Å². The highest BCUT2D eigenvalue weighted by Gasteiger charge is 2.08. The summed E-state index contributed by atoms with van der Waals surface area (Å²) < 4.78 is 0.838. The van der Waals surface area contributed by atoms with E-state index in [9.17, 15) is 9.90 Å². The van der Waals surface area contributed by atoms with Crippen molar-refractivity contribution in [2.45, 2.75) is 6.42 Å². The molecule has 0 unspecified atom stereocenters. The first-order valence-corrected chi connectivity index (χ1v) is 7.92. The van der Waals surface area contributed by atoms with Crippen LogP contribution in [0.15, 0.2) is 58.8 Å². The van der Waals surface area contributed by atoms with E-state index in [1.165, 1.54) is 6.20 Å². The van der Waals surface area contributed by atoms with Crippen molar-refractivity contribution in [3.05, 3.63) is 64.4 Å². The normalized spacial score (nSPS) is 10.8. The molecule has 0 fully saturated rings. The zero-order valence-corrected chi connectivity index (χ0v) is 14.2. The molecule has 0 aliphatic carbocycles. The number of pyridine rings is 1. The van der Waals surface area contributed by atoms with Gasteiger partial charge in [0.05, 0.1) is 0 Å². The molecule has 0 radical (unpaired) electrons. The fraction of sp³-hybridized carbons (Fsp3) is 0.118. The number of amides is 1. The second-order valence-corrected chi connectivity index (χ2v) is 5.76. The quantitative estimate of drug-likeness (QED) is 0.523. The van der Waals surface area contributed by atoms with Gasteiger partial charge in [0.25, 0.3) is 5.91 Å². The summed E-state index contributed by atoms with van der Waals surface area (Å²) in [5, 5.41) is 23.8. The molecule has 0 saturated heterocycles. The fourth-order valence-electron chi connectivity index (χ4n) is 1.86. The molecule has 0 saturated carbocycles. The zero-order chi connectivity index (χ0) is 17.4. The second kappa shape index (κ2) is 8.70. The highest BCUT2D eigenvalue weighted by Crippen LogP contribution is 2.13. The van der Waals surface area contributed by atoms with Crippen LogP contribution in [0.25, 0.3) is 0 Å². The number of nitriles is 1. The summed E-state index contributed by atoms with van der Waals surface area (Å²) in [5.74, 6) is 0.262. The third-order valence-corrected chi connectivity index (χ3v) is 3.58. The summed E-state index contributed by atoms with van der Waals surface area (Å²) >= 11 is 3.32. The van der Waals surface area contributed by atoms with Crippen molar-refractivity contribution in [2.24, 2.45) is 0 Å². The maximum Gasteiger partial charge on any atom is 0.263 e. The maximum atomic E-state index is 12.0. The topological polar surface area (TPSA) is 98.0 Å². The lowest BCUT2D eigenvalue weighted by molar-refractivity contribution is -0.117. The van der Waals surface area contributed by atoms with Crippen molar-refractivity contribution in [1.29, 1.82) is 5.26 Å². The van der Waals surface area contributed by atoms with Crippen molar-refractivity contribution in [3.8, 4) is 11.8 Å². The number of hydrogen-bond acceptors (Lipinski definition) is 5. The van der Waals surface area contributed by atoms with E-state index in [1.54, 1.807) is 42.6 Å². The van der Waals surface area contributed by atoms with Crippen molar-refractivity contribution in [2.75, 3.05) is 11.9 Å². The largest absolute Gasteiger partial charge is 0.508 e. The molecule has 1 heterocycles. The molecule has 24 heavy (non-hydrogen) atoms. The van der Waals surface area contributed by atoms with Gasteiger partial charge >= 0.3 is 0 Å². The lowest BCUT2D eigenvalue weighted by atomic mass is 10.1. The molecular weight excluding hydrogens is 372 g/mol. The highest BCUT2D eigenvalue weighted by molar-refractivity contribution is 9.10. The Morgan fingerprint density at radius 1 is 1.33 bits per heavy atom. The van der Waals surface area contributed by atoms with Crippen LogP contribution in [0.5, 0.6) is 5.75 Å². The van der Waals surface area contributed by atoms with E-state index in [2.05, 4.69) is 31.5 Å². The van der Waals surface area contributed by atoms with Gasteiger partial charge in [0.15, 0.2) is 0 Å². The first-order chi connectivity index (χ1) is 11.6. The Labute approximate surface area is 148 Å². The first-order valence-electron chi connectivity index (χ1n) is 7.13. The molecule has 7 heteroatoms. The molecule has 0 aliphatic heterocycles.